The van der Waals surface area contributed by atoms with Gasteiger partial charge < -0.3 is 4.90 Å². The number of aryl methyl sites for hydroxylation is 1. The minimum absolute atomic E-state index is 0.0718. The number of rotatable bonds is 3. The first-order valence-electron chi connectivity index (χ1n) is 6.76. The van der Waals surface area contributed by atoms with Gasteiger partial charge in [-0.15, -0.1) is 11.6 Å². The minimum Gasteiger partial charge on any atom is -0.336 e. The molecule has 0 aromatic heterocycles. The second-order valence-corrected chi connectivity index (χ2v) is 5.52. The van der Waals surface area contributed by atoms with Crippen LogP contribution in [0, 0.1) is 12.7 Å². The number of piperidine rings is 1. The van der Waals surface area contributed by atoms with Crippen molar-refractivity contribution in [2.45, 2.75) is 38.6 Å². The summed E-state index contributed by atoms with van der Waals surface area (Å²) in [7, 11) is 0. The van der Waals surface area contributed by atoms with Gasteiger partial charge in [0.1, 0.15) is 5.82 Å². The third-order valence-electron chi connectivity index (χ3n) is 3.62. The van der Waals surface area contributed by atoms with Crippen LogP contribution in [0.1, 0.15) is 41.6 Å². The number of hydrogen-bond acceptors (Lipinski definition) is 1. The van der Waals surface area contributed by atoms with Crippen LogP contribution in [-0.2, 0) is 0 Å². The first-order valence-corrected chi connectivity index (χ1v) is 7.29. The molecule has 2 rings (SSSR count). The van der Waals surface area contributed by atoms with Crippen LogP contribution >= 0.6 is 11.6 Å². The highest BCUT2D eigenvalue weighted by molar-refractivity contribution is 6.17. The van der Waals surface area contributed by atoms with Gasteiger partial charge in [0.25, 0.3) is 5.91 Å². The standard InChI is InChI=1S/C15H19ClFNO/c1-11-8-12(10-13(17)9-11)15(19)18-7-3-2-4-14(18)5-6-16/h8-10,14H,2-7H2,1H3. The van der Waals surface area contributed by atoms with Gasteiger partial charge in [0, 0.05) is 24.0 Å². The first kappa shape index (κ1) is 14.3. The van der Waals surface area contributed by atoms with Gasteiger partial charge in [0.15, 0.2) is 0 Å². The van der Waals surface area contributed by atoms with Gasteiger partial charge in [-0.05, 0) is 56.4 Å². The highest BCUT2D eigenvalue weighted by Gasteiger charge is 2.27. The molecule has 0 aliphatic carbocycles. The fraction of sp³-hybridized carbons (Fsp3) is 0.533. The topological polar surface area (TPSA) is 20.3 Å². The van der Waals surface area contributed by atoms with E-state index in [1.54, 1.807) is 13.0 Å². The SMILES string of the molecule is Cc1cc(F)cc(C(=O)N2CCCCC2CCCl)c1. The molecule has 0 bridgehead atoms. The van der Waals surface area contributed by atoms with E-state index in [-0.39, 0.29) is 17.8 Å². The number of hydrogen-bond donors (Lipinski definition) is 0. The molecule has 1 heterocycles. The van der Waals surface area contributed by atoms with Crippen LogP contribution in [0.15, 0.2) is 18.2 Å². The van der Waals surface area contributed by atoms with Gasteiger partial charge in [0.2, 0.25) is 0 Å². The van der Waals surface area contributed by atoms with Crippen molar-refractivity contribution in [1.82, 2.24) is 4.90 Å². The maximum Gasteiger partial charge on any atom is 0.254 e. The number of halogens is 2. The summed E-state index contributed by atoms with van der Waals surface area (Å²) in [5.41, 5.74) is 1.22. The summed E-state index contributed by atoms with van der Waals surface area (Å²) in [5, 5.41) is 0. The second kappa shape index (κ2) is 6.38. The van der Waals surface area contributed by atoms with Crippen LogP contribution in [-0.4, -0.2) is 29.3 Å². The molecule has 1 amide bonds. The highest BCUT2D eigenvalue weighted by atomic mass is 35.5. The monoisotopic (exact) mass is 283 g/mol. The van der Waals surface area contributed by atoms with Crippen molar-refractivity contribution >= 4 is 17.5 Å². The van der Waals surface area contributed by atoms with E-state index in [1.807, 2.05) is 4.90 Å². The number of nitrogens with zero attached hydrogens (tertiary/aromatic N) is 1. The van der Waals surface area contributed by atoms with Crippen LogP contribution in [0.5, 0.6) is 0 Å². The van der Waals surface area contributed by atoms with E-state index in [0.29, 0.717) is 11.4 Å². The summed E-state index contributed by atoms with van der Waals surface area (Å²) in [6, 6.07) is 4.70. The van der Waals surface area contributed by atoms with Crippen molar-refractivity contribution in [3.8, 4) is 0 Å². The zero-order chi connectivity index (χ0) is 13.8. The van der Waals surface area contributed by atoms with Crippen molar-refractivity contribution < 1.29 is 9.18 Å². The van der Waals surface area contributed by atoms with Gasteiger partial charge in [-0.1, -0.05) is 0 Å². The molecule has 0 N–H and O–H groups in total. The Labute approximate surface area is 118 Å². The Balaban J connectivity index is 2.20. The Morgan fingerprint density at radius 2 is 2.21 bits per heavy atom. The van der Waals surface area contributed by atoms with Gasteiger partial charge in [-0.3, -0.25) is 4.79 Å². The van der Waals surface area contributed by atoms with Crippen molar-refractivity contribution in [2.24, 2.45) is 0 Å². The van der Waals surface area contributed by atoms with E-state index in [1.165, 1.54) is 12.1 Å². The zero-order valence-electron chi connectivity index (χ0n) is 11.2. The van der Waals surface area contributed by atoms with Gasteiger partial charge >= 0.3 is 0 Å². The number of benzene rings is 1. The van der Waals surface area contributed by atoms with Crippen LogP contribution < -0.4 is 0 Å². The molecule has 1 aliphatic heterocycles. The minimum atomic E-state index is -0.353. The molecule has 0 radical (unpaired) electrons. The van der Waals surface area contributed by atoms with Crippen molar-refractivity contribution in [3.63, 3.8) is 0 Å². The Hall–Kier alpha value is -1.09. The molecule has 4 heteroatoms. The third-order valence-corrected chi connectivity index (χ3v) is 3.84. The van der Waals surface area contributed by atoms with E-state index in [4.69, 9.17) is 11.6 Å². The number of carbonyl (C=O) groups is 1. The van der Waals surface area contributed by atoms with Crippen molar-refractivity contribution in [2.75, 3.05) is 12.4 Å². The fourth-order valence-corrected chi connectivity index (χ4v) is 2.97. The molecule has 0 saturated carbocycles. The lowest BCUT2D eigenvalue weighted by Gasteiger charge is -2.35. The van der Waals surface area contributed by atoms with E-state index in [2.05, 4.69) is 0 Å². The first-order chi connectivity index (χ1) is 9.11. The molecule has 2 nitrogen and oxygen atoms in total. The molecule has 1 aliphatic rings. The maximum atomic E-state index is 13.4. The molecule has 1 atom stereocenters. The quantitative estimate of drug-likeness (QED) is 0.774. The van der Waals surface area contributed by atoms with Crippen LogP contribution in [0.2, 0.25) is 0 Å². The molecular weight excluding hydrogens is 265 g/mol. The zero-order valence-corrected chi connectivity index (χ0v) is 11.9. The molecule has 1 unspecified atom stereocenters. The number of amides is 1. The van der Waals surface area contributed by atoms with Crippen LogP contribution in [0.25, 0.3) is 0 Å². The number of alkyl halides is 1. The van der Waals surface area contributed by atoms with Gasteiger partial charge in [0.05, 0.1) is 0 Å². The molecule has 1 saturated heterocycles. The average Bonchev–Trinajstić information content (AvgIpc) is 2.38. The van der Waals surface area contributed by atoms with Crippen LogP contribution in [0.3, 0.4) is 0 Å². The molecule has 0 spiro atoms. The lowest BCUT2D eigenvalue weighted by atomic mass is 9.98. The summed E-state index contributed by atoms with van der Waals surface area (Å²) in [4.78, 5) is 14.4. The molecular formula is C15H19ClFNO. The third kappa shape index (κ3) is 3.47. The second-order valence-electron chi connectivity index (χ2n) is 5.14. The van der Waals surface area contributed by atoms with Gasteiger partial charge in [-0.2, -0.15) is 0 Å². The van der Waals surface area contributed by atoms with Gasteiger partial charge in [-0.25, -0.2) is 4.39 Å². The molecule has 1 fully saturated rings. The summed E-state index contributed by atoms with van der Waals surface area (Å²) < 4.78 is 13.4. The lowest BCUT2D eigenvalue weighted by molar-refractivity contribution is 0.0608. The van der Waals surface area contributed by atoms with Crippen LogP contribution in [0.4, 0.5) is 4.39 Å². The smallest absolute Gasteiger partial charge is 0.254 e. The summed E-state index contributed by atoms with van der Waals surface area (Å²) in [5.74, 6) is 0.128. The molecule has 1 aromatic carbocycles. The van der Waals surface area contributed by atoms with E-state index < -0.39 is 0 Å². The largest absolute Gasteiger partial charge is 0.336 e. The number of carbonyl (C=O) groups excluding carboxylic acids is 1. The highest BCUT2D eigenvalue weighted by Crippen LogP contribution is 2.23. The van der Waals surface area contributed by atoms with Crippen molar-refractivity contribution in [3.05, 3.63) is 35.1 Å². The predicted octanol–water partition coefficient (Wildman–Crippen LogP) is 3.76. The Bertz CT molecular complexity index is 441. The number of likely N-dealkylation sites (tertiary alicyclic amines) is 1. The van der Waals surface area contributed by atoms with E-state index >= 15 is 0 Å². The Morgan fingerprint density at radius 3 is 2.89 bits per heavy atom. The predicted molar refractivity (Wildman–Crippen MR) is 75.1 cm³/mol. The van der Waals surface area contributed by atoms with E-state index in [0.717, 1.165) is 37.8 Å². The maximum absolute atomic E-state index is 13.4. The normalized spacial score (nSPS) is 19.5. The summed E-state index contributed by atoms with van der Waals surface area (Å²) in [6.07, 6.45) is 3.95. The Kier molecular flexibility index (Phi) is 4.81. The average molecular weight is 284 g/mol. The lowest BCUT2D eigenvalue weighted by Crippen LogP contribution is -2.44. The molecule has 104 valence electrons. The Morgan fingerprint density at radius 1 is 1.42 bits per heavy atom. The van der Waals surface area contributed by atoms with E-state index in [9.17, 15) is 9.18 Å². The molecule has 19 heavy (non-hydrogen) atoms. The summed E-state index contributed by atoms with van der Waals surface area (Å²) in [6.45, 7) is 2.54. The fourth-order valence-electron chi connectivity index (χ4n) is 2.72. The summed E-state index contributed by atoms with van der Waals surface area (Å²) >= 11 is 5.80. The van der Waals surface area contributed by atoms with Crippen molar-refractivity contribution in [1.29, 1.82) is 0 Å². The molecule has 1 aromatic rings.